The van der Waals surface area contributed by atoms with Crippen molar-refractivity contribution >= 4 is 11.5 Å². The molecule has 3 rings (SSSR count). The van der Waals surface area contributed by atoms with Gasteiger partial charge in [-0.15, -0.1) is 0 Å². The first kappa shape index (κ1) is 10.4. The minimum Gasteiger partial charge on any atom is -0.384 e. The highest BCUT2D eigenvalue weighted by Gasteiger charge is 2.35. The van der Waals surface area contributed by atoms with Crippen molar-refractivity contribution < 1.29 is 13.2 Å². The van der Waals surface area contributed by atoms with Crippen molar-refractivity contribution in [3.63, 3.8) is 0 Å². The van der Waals surface area contributed by atoms with Crippen LogP contribution in [0.15, 0.2) is 12.1 Å². The predicted octanol–water partition coefficient (Wildman–Crippen LogP) is 2.21. The van der Waals surface area contributed by atoms with E-state index in [0.29, 0.717) is 5.92 Å². The van der Waals surface area contributed by atoms with Crippen LogP contribution in [0.25, 0.3) is 5.65 Å². The Bertz CT molecular complexity index is 583. The van der Waals surface area contributed by atoms with Crippen molar-refractivity contribution in [2.24, 2.45) is 0 Å². The number of fused-ring (bicyclic) bond motifs is 1. The molecule has 1 aliphatic carbocycles. The van der Waals surface area contributed by atoms with Gasteiger partial charge in [0.2, 0.25) is 0 Å². The lowest BCUT2D eigenvalue weighted by Crippen LogP contribution is -2.07. The van der Waals surface area contributed by atoms with Crippen molar-refractivity contribution in [2.75, 3.05) is 5.73 Å². The molecule has 1 aliphatic rings. The van der Waals surface area contributed by atoms with Gasteiger partial charge in [-0.1, -0.05) is 0 Å². The molecule has 0 bridgehead atoms. The SMILES string of the molecule is Nc1cc(C2CC2)nc2cc(C(F)(F)F)nn12. The lowest BCUT2D eigenvalue weighted by atomic mass is 10.3. The van der Waals surface area contributed by atoms with Crippen LogP contribution < -0.4 is 5.73 Å². The summed E-state index contributed by atoms with van der Waals surface area (Å²) in [7, 11) is 0. The number of nitrogen functional groups attached to an aromatic ring is 1. The summed E-state index contributed by atoms with van der Waals surface area (Å²) < 4.78 is 38.5. The van der Waals surface area contributed by atoms with E-state index in [-0.39, 0.29) is 11.5 Å². The largest absolute Gasteiger partial charge is 0.435 e. The van der Waals surface area contributed by atoms with E-state index in [9.17, 15) is 13.2 Å². The molecule has 0 spiro atoms. The third-order valence-electron chi connectivity index (χ3n) is 2.76. The standard InChI is InChI=1S/C10H9F3N4/c11-10(12,13)7-4-9-15-6(5-1-2-5)3-8(14)17(9)16-7/h3-5H,1-2,14H2. The highest BCUT2D eigenvalue weighted by Crippen LogP contribution is 2.40. The number of hydrogen-bond acceptors (Lipinski definition) is 3. The Hall–Kier alpha value is -1.79. The Morgan fingerprint density at radius 3 is 2.59 bits per heavy atom. The van der Waals surface area contributed by atoms with E-state index in [2.05, 4.69) is 10.1 Å². The van der Waals surface area contributed by atoms with E-state index >= 15 is 0 Å². The molecule has 0 amide bonds. The lowest BCUT2D eigenvalue weighted by Gasteiger charge is -2.02. The molecule has 2 N–H and O–H groups in total. The van der Waals surface area contributed by atoms with Crippen molar-refractivity contribution in [2.45, 2.75) is 24.9 Å². The maximum Gasteiger partial charge on any atom is 0.435 e. The van der Waals surface area contributed by atoms with Gasteiger partial charge in [-0.3, -0.25) is 0 Å². The van der Waals surface area contributed by atoms with Crippen LogP contribution in [0.3, 0.4) is 0 Å². The molecule has 0 radical (unpaired) electrons. The summed E-state index contributed by atoms with van der Waals surface area (Å²) in [5.74, 6) is 0.527. The summed E-state index contributed by atoms with van der Waals surface area (Å²) >= 11 is 0. The van der Waals surface area contributed by atoms with Crippen molar-refractivity contribution in [3.05, 3.63) is 23.5 Å². The van der Waals surface area contributed by atoms with Crippen LogP contribution in [0.1, 0.15) is 30.1 Å². The minimum atomic E-state index is -4.47. The molecule has 4 nitrogen and oxygen atoms in total. The molecule has 0 atom stereocenters. The number of nitrogens with two attached hydrogens (primary N) is 1. The molecule has 90 valence electrons. The third kappa shape index (κ3) is 1.71. The third-order valence-corrected chi connectivity index (χ3v) is 2.76. The summed E-state index contributed by atoms with van der Waals surface area (Å²) in [4.78, 5) is 4.15. The summed E-state index contributed by atoms with van der Waals surface area (Å²) in [6.07, 6.45) is -2.44. The van der Waals surface area contributed by atoms with Gasteiger partial charge >= 0.3 is 6.18 Å². The summed E-state index contributed by atoms with van der Waals surface area (Å²) in [5, 5.41) is 3.41. The van der Waals surface area contributed by atoms with Crippen LogP contribution in [0.2, 0.25) is 0 Å². The fraction of sp³-hybridized carbons (Fsp3) is 0.400. The van der Waals surface area contributed by atoms with E-state index in [0.717, 1.165) is 29.1 Å². The van der Waals surface area contributed by atoms with E-state index < -0.39 is 11.9 Å². The first-order chi connectivity index (χ1) is 7.95. The van der Waals surface area contributed by atoms with Gasteiger partial charge in [0.05, 0.1) is 0 Å². The Morgan fingerprint density at radius 1 is 1.29 bits per heavy atom. The fourth-order valence-electron chi connectivity index (χ4n) is 1.74. The second-order valence-electron chi connectivity index (χ2n) is 4.18. The van der Waals surface area contributed by atoms with E-state index in [4.69, 9.17) is 5.73 Å². The molecule has 1 fully saturated rings. The Labute approximate surface area is 94.2 Å². The Morgan fingerprint density at radius 2 is 2.00 bits per heavy atom. The molecule has 17 heavy (non-hydrogen) atoms. The zero-order chi connectivity index (χ0) is 12.2. The highest BCUT2D eigenvalue weighted by molar-refractivity contribution is 5.49. The second-order valence-corrected chi connectivity index (χ2v) is 4.18. The van der Waals surface area contributed by atoms with Gasteiger partial charge in [-0.05, 0) is 12.8 Å². The molecule has 0 aliphatic heterocycles. The van der Waals surface area contributed by atoms with Gasteiger partial charge in [0.15, 0.2) is 11.3 Å². The van der Waals surface area contributed by atoms with Crippen LogP contribution in [0, 0.1) is 0 Å². The lowest BCUT2D eigenvalue weighted by molar-refractivity contribution is -0.141. The maximum absolute atomic E-state index is 12.5. The van der Waals surface area contributed by atoms with Crippen molar-refractivity contribution in [3.8, 4) is 0 Å². The summed E-state index contributed by atoms with van der Waals surface area (Å²) in [5.41, 5.74) is 5.61. The van der Waals surface area contributed by atoms with Crippen LogP contribution in [-0.2, 0) is 6.18 Å². The molecule has 2 heterocycles. The van der Waals surface area contributed by atoms with Crippen molar-refractivity contribution in [1.82, 2.24) is 14.6 Å². The maximum atomic E-state index is 12.5. The van der Waals surface area contributed by atoms with E-state index in [1.807, 2.05) is 0 Å². The first-order valence-electron chi connectivity index (χ1n) is 5.18. The van der Waals surface area contributed by atoms with E-state index in [1.165, 1.54) is 0 Å². The first-order valence-corrected chi connectivity index (χ1v) is 5.18. The van der Waals surface area contributed by atoms with Gasteiger partial charge in [-0.2, -0.15) is 22.8 Å². The molecule has 0 saturated heterocycles. The van der Waals surface area contributed by atoms with Gasteiger partial charge in [0.1, 0.15) is 5.82 Å². The smallest absolute Gasteiger partial charge is 0.384 e. The van der Waals surface area contributed by atoms with Crippen LogP contribution >= 0.6 is 0 Å². The van der Waals surface area contributed by atoms with Gasteiger partial charge in [-0.25, -0.2) is 4.98 Å². The molecule has 1 saturated carbocycles. The fourth-order valence-corrected chi connectivity index (χ4v) is 1.74. The molecule has 7 heteroatoms. The average molecular weight is 242 g/mol. The average Bonchev–Trinajstić information content (AvgIpc) is 2.96. The molecule has 2 aromatic rings. The van der Waals surface area contributed by atoms with E-state index in [1.54, 1.807) is 6.07 Å². The zero-order valence-electron chi connectivity index (χ0n) is 8.70. The monoisotopic (exact) mass is 242 g/mol. The van der Waals surface area contributed by atoms with Crippen LogP contribution in [-0.4, -0.2) is 14.6 Å². The number of aromatic nitrogens is 3. The summed E-state index contributed by atoms with van der Waals surface area (Å²) in [6.45, 7) is 0. The molecule has 2 aromatic heterocycles. The second kappa shape index (κ2) is 3.12. The zero-order valence-corrected chi connectivity index (χ0v) is 8.70. The van der Waals surface area contributed by atoms with Crippen LogP contribution in [0.5, 0.6) is 0 Å². The number of hydrogen-bond donors (Lipinski definition) is 1. The number of halogens is 3. The van der Waals surface area contributed by atoms with Gasteiger partial charge < -0.3 is 5.73 Å². The molecular formula is C10H9F3N4. The molecule has 0 unspecified atom stereocenters. The van der Waals surface area contributed by atoms with Gasteiger partial charge in [0, 0.05) is 23.7 Å². The normalized spacial score (nSPS) is 16.6. The quantitative estimate of drug-likeness (QED) is 0.834. The topological polar surface area (TPSA) is 56.2 Å². The number of nitrogens with zero attached hydrogens (tertiary/aromatic N) is 3. The highest BCUT2D eigenvalue weighted by atomic mass is 19.4. The number of anilines is 1. The minimum absolute atomic E-state index is 0.152. The number of rotatable bonds is 1. The van der Waals surface area contributed by atoms with Gasteiger partial charge in [0.25, 0.3) is 0 Å². The van der Waals surface area contributed by atoms with Crippen molar-refractivity contribution in [1.29, 1.82) is 0 Å². The van der Waals surface area contributed by atoms with Crippen LogP contribution in [0.4, 0.5) is 19.0 Å². The molecule has 0 aromatic carbocycles. The Balaban J connectivity index is 2.17. The number of alkyl halides is 3. The Kier molecular flexibility index (Phi) is 1.90. The predicted molar refractivity (Wildman–Crippen MR) is 54.4 cm³/mol. The summed E-state index contributed by atoms with van der Waals surface area (Å²) in [6, 6.07) is 2.51. The molecular weight excluding hydrogens is 233 g/mol.